The maximum Gasteiger partial charge on any atom is 0.119 e. The molecule has 2 atom stereocenters. The Bertz CT molecular complexity index is 362. The Hall–Kier alpha value is -1.02. The van der Waals surface area contributed by atoms with E-state index in [0.29, 0.717) is 12.0 Å². The quantitative estimate of drug-likeness (QED) is 0.856. The number of rotatable bonds is 5. The summed E-state index contributed by atoms with van der Waals surface area (Å²) in [7, 11) is 0. The molecule has 1 aliphatic rings. The van der Waals surface area contributed by atoms with Gasteiger partial charge < -0.3 is 10.1 Å². The molecular weight excluding hydrogens is 222 g/mol. The topological polar surface area (TPSA) is 21.3 Å². The molecule has 0 saturated heterocycles. The van der Waals surface area contributed by atoms with E-state index in [0.717, 1.165) is 18.9 Å². The number of benzene rings is 1. The van der Waals surface area contributed by atoms with Crippen molar-refractivity contribution in [1.29, 1.82) is 0 Å². The Morgan fingerprint density at radius 2 is 2.17 bits per heavy atom. The second-order valence-electron chi connectivity index (χ2n) is 5.12. The Morgan fingerprint density at radius 3 is 2.94 bits per heavy atom. The van der Waals surface area contributed by atoms with Crippen LogP contribution in [-0.2, 0) is 0 Å². The first-order valence-electron chi connectivity index (χ1n) is 7.29. The van der Waals surface area contributed by atoms with Crippen LogP contribution in [0.4, 0.5) is 0 Å². The molecule has 2 nitrogen and oxygen atoms in total. The van der Waals surface area contributed by atoms with E-state index in [1.807, 2.05) is 6.92 Å². The maximum absolute atomic E-state index is 5.60. The lowest BCUT2D eigenvalue weighted by molar-refractivity contribution is 0.333. The predicted molar refractivity (Wildman–Crippen MR) is 76.3 cm³/mol. The molecule has 18 heavy (non-hydrogen) atoms. The van der Waals surface area contributed by atoms with Crippen molar-refractivity contribution in [2.24, 2.45) is 0 Å². The highest BCUT2D eigenvalue weighted by Crippen LogP contribution is 2.34. The molecule has 0 heterocycles. The van der Waals surface area contributed by atoms with E-state index in [9.17, 15) is 0 Å². The van der Waals surface area contributed by atoms with Gasteiger partial charge in [-0.05, 0) is 56.3 Å². The average Bonchev–Trinajstić information content (AvgIpc) is 2.40. The molecule has 2 heteroatoms. The van der Waals surface area contributed by atoms with Crippen LogP contribution in [0.1, 0.15) is 51.0 Å². The minimum absolute atomic E-state index is 0.697. The molecule has 2 rings (SSSR count). The average molecular weight is 247 g/mol. The van der Waals surface area contributed by atoms with Crippen molar-refractivity contribution in [1.82, 2.24) is 5.32 Å². The van der Waals surface area contributed by atoms with Gasteiger partial charge in [0.15, 0.2) is 0 Å². The third kappa shape index (κ3) is 3.49. The van der Waals surface area contributed by atoms with Gasteiger partial charge in [-0.1, -0.05) is 25.5 Å². The van der Waals surface area contributed by atoms with E-state index in [1.165, 1.54) is 31.2 Å². The first-order chi connectivity index (χ1) is 8.83. The Balaban J connectivity index is 2.03. The SMILES string of the molecule is CCNC1CCCC(c2cccc(OCC)c2)C1. The highest BCUT2D eigenvalue weighted by atomic mass is 16.5. The van der Waals surface area contributed by atoms with Crippen molar-refractivity contribution >= 4 is 0 Å². The van der Waals surface area contributed by atoms with Crippen molar-refractivity contribution in [3.8, 4) is 5.75 Å². The molecule has 1 saturated carbocycles. The molecule has 0 bridgehead atoms. The molecule has 0 spiro atoms. The van der Waals surface area contributed by atoms with Crippen LogP contribution >= 0.6 is 0 Å². The largest absolute Gasteiger partial charge is 0.494 e. The number of ether oxygens (including phenoxy) is 1. The van der Waals surface area contributed by atoms with Gasteiger partial charge in [-0.25, -0.2) is 0 Å². The third-order valence-electron chi connectivity index (χ3n) is 3.81. The van der Waals surface area contributed by atoms with Crippen molar-refractivity contribution in [2.75, 3.05) is 13.2 Å². The van der Waals surface area contributed by atoms with E-state index in [2.05, 4.69) is 36.5 Å². The van der Waals surface area contributed by atoms with Gasteiger partial charge in [-0.2, -0.15) is 0 Å². The lowest BCUT2D eigenvalue weighted by Crippen LogP contribution is -2.33. The molecule has 100 valence electrons. The maximum atomic E-state index is 5.60. The van der Waals surface area contributed by atoms with Crippen LogP contribution in [0, 0.1) is 0 Å². The summed E-state index contributed by atoms with van der Waals surface area (Å²) in [5.74, 6) is 1.71. The van der Waals surface area contributed by atoms with Crippen molar-refractivity contribution in [2.45, 2.75) is 51.5 Å². The Labute approximate surface area is 111 Å². The van der Waals surface area contributed by atoms with E-state index in [4.69, 9.17) is 4.74 Å². The van der Waals surface area contributed by atoms with Gasteiger partial charge in [0.05, 0.1) is 6.61 Å². The summed E-state index contributed by atoms with van der Waals surface area (Å²) in [4.78, 5) is 0. The zero-order chi connectivity index (χ0) is 12.8. The minimum atomic E-state index is 0.697. The molecule has 0 aliphatic heterocycles. The summed E-state index contributed by atoms with van der Waals surface area (Å²) in [5, 5.41) is 3.59. The van der Waals surface area contributed by atoms with Gasteiger partial charge in [0.2, 0.25) is 0 Å². The zero-order valence-electron chi connectivity index (χ0n) is 11.6. The van der Waals surface area contributed by atoms with Gasteiger partial charge in [0.1, 0.15) is 5.75 Å². The van der Waals surface area contributed by atoms with Gasteiger partial charge in [-0.3, -0.25) is 0 Å². The summed E-state index contributed by atoms with van der Waals surface area (Å²) < 4.78 is 5.60. The molecule has 1 aliphatic carbocycles. The fourth-order valence-electron chi connectivity index (χ4n) is 2.99. The van der Waals surface area contributed by atoms with Gasteiger partial charge in [-0.15, -0.1) is 0 Å². The molecule has 1 fully saturated rings. The van der Waals surface area contributed by atoms with Crippen LogP contribution in [-0.4, -0.2) is 19.2 Å². The number of nitrogens with one attached hydrogen (secondary N) is 1. The second kappa shape index (κ2) is 6.79. The lowest BCUT2D eigenvalue weighted by Gasteiger charge is -2.30. The third-order valence-corrected chi connectivity index (χ3v) is 3.81. The molecule has 1 aromatic rings. The van der Waals surface area contributed by atoms with Crippen LogP contribution in [0.3, 0.4) is 0 Å². The van der Waals surface area contributed by atoms with Crippen LogP contribution in [0.5, 0.6) is 5.75 Å². The normalized spacial score (nSPS) is 23.9. The highest BCUT2D eigenvalue weighted by Gasteiger charge is 2.22. The number of hydrogen-bond acceptors (Lipinski definition) is 2. The van der Waals surface area contributed by atoms with Gasteiger partial charge in [0, 0.05) is 6.04 Å². The van der Waals surface area contributed by atoms with Gasteiger partial charge in [0.25, 0.3) is 0 Å². The van der Waals surface area contributed by atoms with Crippen molar-refractivity contribution in [3.63, 3.8) is 0 Å². The summed E-state index contributed by atoms with van der Waals surface area (Å²) in [5.41, 5.74) is 1.45. The van der Waals surface area contributed by atoms with Gasteiger partial charge >= 0.3 is 0 Å². The summed E-state index contributed by atoms with van der Waals surface area (Å²) in [6.07, 6.45) is 5.25. The fourth-order valence-corrected chi connectivity index (χ4v) is 2.99. The van der Waals surface area contributed by atoms with E-state index in [1.54, 1.807) is 0 Å². The zero-order valence-corrected chi connectivity index (χ0v) is 11.6. The molecule has 0 amide bonds. The van der Waals surface area contributed by atoms with E-state index >= 15 is 0 Å². The minimum Gasteiger partial charge on any atom is -0.494 e. The molecule has 1 aromatic carbocycles. The van der Waals surface area contributed by atoms with Crippen LogP contribution < -0.4 is 10.1 Å². The highest BCUT2D eigenvalue weighted by molar-refractivity contribution is 5.31. The monoisotopic (exact) mass is 247 g/mol. The molecular formula is C16H25NO. The van der Waals surface area contributed by atoms with E-state index in [-0.39, 0.29) is 0 Å². The lowest BCUT2D eigenvalue weighted by atomic mass is 9.81. The Morgan fingerprint density at radius 1 is 1.28 bits per heavy atom. The summed E-state index contributed by atoms with van der Waals surface area (Å²) >= 11 is 0. The molecule has 0 radical (unpaired) electrons. The predicted octanol–water partition coefficient (Wildman–Crippen LogP) is 3.72. The van der Waals surface area contributed by atoms with Crippen LogP contribution in [0.25, 0.3) is 0 Å². The standard InChI is InChI=1S/C16H25NO/c1-3-17-15-9-5-7-13(11-15)14-8-6-10-16(12-14)18-4-2/h6,8,10,12-13,15,17H,3-5,7,9,11H2,1-2H3. The van der Waals surface area contributed by atoms with E-state index < -0.39 is 0 Å². The summed E-state index contributed by atoms with van der Waals surface area (Å²) in [6.45, 7) is 6.05. The summed E-state index contributed by atoms with van der Waals surface area (Å²) in [6, 6.07) is 9.35. The Kier molecular flexibility index (Phi) is 5.06. The van der Waals surface area contributed by atoms with Crippen LogP contribution in [0.15, 0.2) is 24.3 Å². The van der Waals surface area contributed by atoms with Crippen LogP contribution in [0.2, 0.25) is 0 Å². The second-order valence-corrected chi connectivity index (χ2v) is 5.12. The van der Waals surface area contributed by atoms with Crippen molar-refractivity contribution < 1.29 is 4.74 Å². The first kappa shape index (κ1) is 13.4. The first-order valence-corrected chi connectivity index (χ1v) is 7.29. The van der Waals surface area contributed by atoms with Crippen molar-refractivity contribution in [3.05, 3.63) is 29.8 Å². The smallest absolute Gasteiger partial charge is 0.119 e. The number of hydrogen-bond donors (Lipinski definition) is 1. The molecule has 1 N–H and O–H groups in total. The molecule has 2 unspecified atom stereocenters. The molecule has 0 aromatic heterocycles. The fraction of sp³-hybridized carbons (Fsp3) is 0.625.